The Morgan fingerprint density at radius 3 is 1.18 bits per heavy atom. The van der Waals surface area contributed by atoms with Gasteiger partial charge in [-0.3, -0.25) is 0 Å². The van der Waals surface area contributed by atoms with Crippen molar-refractivity contribution in [2.75, 3.05) is 9.80 Å². The molecule has 49 heavy (non-hydrogen) atoms. The van der Waals surface area contributed by atoms with Gasteiger partial charge in [-0.25, -0.2) is 0 Å². The number of fused-ring (bicyclic) bond motifs is 3. The Bertz CT molecular complexity index is 2180. The van der Waals surface area contributed by atoms with Gasteiger partial charge in [-0.15, -0.1) is 0 Å². The van der Waals surface area contributed by atoms with Crippen LogP contribution in [0.15, 0.2) is 156 Å². The van der Waals surface area contributed by atoms with E-state index in [0.717, 1.165) is 68.1 Å². The van der Waals surface area contributed by atoms with E-state index in [-0.39, 0.29) is 0 Å². The van der Waals surface area contributed by atoms with E-state index in [9.17, 15) is 0 Å². The van der Waals surface area contributed by atoms with E-state index in [1.165, 1.54) is 44.2 Å². The van der Waals surface area contributed by atoms with Gasteiger partial charge in [0.15, 0.2) is 0 Å². The highest BCUT2D eigenvalue weighted by molar-refractivity contribution is 6.07. The molecule has 4 saturated carbocycles. The van der Waals surface area contributed by atoms with Crippen LogP contribution in [0, 0.1) is 17.8 Å². The van der Waals surface area contributed by atoms with E-state index in [0.29, 0.717) is 5.41 Å². The van der Waals surface area contributed by atoms with Gasteiger partial charge >= 0.3 is 0 Å². The zero-order valence-electron chi connectivity index (χ0n) is 27.7. The van der Waals surface area contributed by atoms with Crippen LogP contribution in [0.2, 0.25) is 0 Å². The molecule has 0 atom stereocenters. The molecule has 1 aromatic heterocycles. The highest BCUT2D eigenvalue weighted by atomic mass is 16.3. The Labute approximate surface area is 288 Å². The number of para-hydroxylation sites is 3. The summed E-state index contributed by atoms with van der Waals surface area (Å²) in [5.74, 6) is 2.83. The number of nitrogens with zero attached hydrogens (tertiary/aromatic N) is 2. The molecule has 6 aromatic carbocycles. The van der Waals surface area contributed by atoms with E-state index < -0.39 is 0 Å². The molecular weight excluding hydrogens is 597 g/mol. The fourth-order valence-corrected chi connectivity index (χ4v) is 10.1. The summed E-state index contributed by atoms with van der Waals surface area (Å²) in [7, 11) is 0. The van der Waals surface area contributed by atoms with Gasteiger partial charge in [-0.2, -0.15) is 0 Å². The standard InChI is InChI=1S/C46H40N2O/c1-4-10-36(11-5-1)47(37-12-6-2-7-13-37)40-20-22-42-43-23-21-41(28-45(43)49-44(42)27-40)48(38-14-8-3-9-15-38)39-18-16-35(17-19-39)46-29-32-24-33(30-46)26-34(25-32)31-46/h1-23,27-28,32-34H,24-26,29-31H2. The van der Waals surface area contributed by atoms with Crippen LogP contribution >= 0.6 is 0 Å². The number of hydrogen-bond donors (Lipinski definition) is 0. The summed E-state index contributed by atoms with van der Waals surface area (Å²) in [5, 5.41) is 2.25. The van der Waals surface area contributed by atoms with Crippen molar-refractivity contribution in [2.24, 2.45) is 17.8 Å². The fourth-order valence-electron chi connectivity index (χ4n) is 10.1. The molecule has 240 valence electrons. The van der Waals surface area contributed by atoms with Gasteiger partial charge in [0, 0.05) is 57.0 Å². The van der Waals surface area contributed by atoms with Gasteiger partial charge < -0.3 is 14.2 Å². The van der Waals surface area contributed by atoms with Gasteiger partial charge in [0.05, 0.1) is 0 Å². The molecule has 0 amide bonds. The molecule has 0 N–H and O–H groups in total. The second-order valence-electron chi connectivity index (χ2n) is 14.9. The predicted molar refractivity (Wildman–Crippen MR) is 203 cm³/mol. The lowest BCUT2D eigenvalue weighted by Gasteiger charge is -2.57. The first-order chi connectivity index (χ1) is 24.2. The van der Waals surface area contributed by atoms with E-state index >= 15 is 0 Å². The lowest BCUT2D eigenvalue weighted by molar-refractivity contribution is -0.00518. The number of furan rings is 1. The minimum Gasteiger partial charge on any atom is -0.456 e. The van der Waals surface area contributed by atoms with Crippen molar-refractivity contribution in [2.45, 2.75) is 43.9 Å². The summed E-state index contributed by atoms with van der Waals surface area (Å²) in [5.41, 5.74) is 10.4. The molecule has 11 rings (SSSR count). The molecule has 4 aliphatic rings. The van der Waals surface area contributed by atoms with Crippen LogP contribution < -0.4 is 9.80 Å². The molecular formula is C46H40N2O. The lowest BCUT2D eigenvalue weighted by Crippen LogP contribution is -2.48. The molecule has 4 aliphatic carbocycles. The third-order valence-corrected chi connectivity index (χ3v) is 11.8. The molecule has 7 aromatic rings. The largest absolute Gasteiger partial charge is 0.456 e. The van der Waals surface area contributed by atoms with E-state index in [1.807, 2.05) is 0 Å². The van der Waals surface area contributed by atoms with Gasteiger partial charge in [0.2, 0.25) is 0 Å². The topological polar surface area (TPSA) is 19.6 Å². The maximum Gasteiger partial charge on any atom is 0.137 e. The SMILES string of the molecule is c1ccc(N(c2ccccc2)c2ccc3c(c2)oc2cc(N(c4ccccc4)c4ccc(C56CC7CC(CC(C7)C5)C6)cc4)ccc23)cc1. The Kier molecular flexibility index (Phi) is 6.69. The summed E-state index contributed by atoms with van der Waals surface area (Å²) in [6, 6.07) is 54.7. The van der Waals surface area contributed by atoms with Crippen LogP contribution in [-0.2, 0) is 5.41 Å². The molecule has 4 fully saturated rings. The molecule has 0 spiro atoms. The second-order valence-corrected chi connectivity index (χ2v) is 14.9. The molecule has 0 radical (unpaired) electrons. The predicted octanol–water partition coefficient (Wildman–Crippen LogP) is 13.0. The number of benzene rings is 6. The molecule has 3 nitrogen and oxygen atoms in total. The minimum atomic E-state index is 0.396. The van der Waals surface area contributed by atoms with Crippen molar-refractivity contribution in [3.63, 3.8) is 0 Å². The van der Waals surface area contributed by atoms with Crippen LogP contribution in [0.4, 0.5) is 34.1 Å². The van der Waals surface area contributed by atoms with Crippen molar-refractivity contribution in [1.29, 1.82) is 0 Å². The van der Waals surface area contributed by atoms with Crippen molar-refractivity contribution >= 4 is 56.1 Å². The monoisotopic (exact) mass is 636 g/mol. The fraction of sp³-hybridized carbons (Fsp3) is 0.217. The van der Waals surface area contributed by atoms with Crippen molar-refractivity contribution in [1.82, 2.24) is 0 Å². The van der Waals surface area contributed by atoms with Crippen LogP contribution in [-0.4, -0.2) is 0 Å². The normalized spacial score (nSPS) is 22.5. The van der Waals surface area contributed by atoms with Crippen LogP contribution in [0.3, 0.4) is 0 Å². The van der Waals surface area contributed by atoms with Crippen LogP contribution in [0.25, 0.3) is 21.9 Å². The highest BCUT2D eigenvalue weighted by Gasteiger charge is 2.51. The Morgan fingerprint density at radius 2 is 0.776 bits per heavy atom. The number of anilines is 6. The summed E-state index contributed by atoms with van der Waals surface area (Å²) < 4.78 is 6.68. The van der Waals surface area contributed by atoms with Crippen molar-refractivity contribution in [3.05, 3.63) is 157 Å². The van der Waals surface area contributed by atoms with Crippen LogP contribution in [0.1, 0.15) is 44.1 Å². The van der Waals surface area contributed by atoms with Crippen LogP contribution in [0.5, 0.6) is 0 Å². The average Bonchev–Trinajstić information content (AvgIpc) is 3.50. The Balaban J connectivity index is 1.03. The van der Waals surface area contributed by atoms with Gasteiger partial charge in [-0.1, -0.05) is 66.7 Å². The van der Waals surface area contributed by atoms with Crippen molar-refractivity contribution < 1.29 is 4.42 Å². The number of rotatable bonds is 7. The zero-order chi connectivity index (χ0) is 32.4. The molecule has 0 saturated heterocycles. The second kappa shape index (κ2) is 11.4. The third kappa shape index (κ3) is 4.94. The maximum atomic E-state index is 6.68. The molecule has 0 aliphatic heterocycles. The Hall–Kier alpha value is -5.28. The third-order valence-electron chi connectivity index (χ3n) is 11.8. The summed E-state index contributed by atoms with van der Waals surface area (Å²) in [6.07, 6.45) is 8.59. The summed E-state index contributed by atoms with van der Waals surface area (Å²) >= 11 is 0. The number of hydrogen-bond acceptors (Lipinski definition) is 3. The van der Waals surface area contributed by atoms with E-state index in [2.05, 4.69) is 161 Å². The van der Waals surface area contributed by atoms with Crippen molar-refractivity contribution in [3.8, 4) is 0 Å². The highest BCUT2D eigenvalue weighted by Crippen LogP contribution is 2.61. The van der Waals surface area contributed by atoms with E-state index in [1.54, 1.807) is 5.56 Å². The van der Waals surface area contributed by atoms with Gasteiger partial charge in [0.1, 0.15) is 11.2 Å². The lowest BCUT2D eigenvalue weighted by atomic mass is 9.48. The summed E-state index contributed by atoms with van der Waals surface area (Å²) in [6.45, 7) is 0. The minimum absolute atomic E-state index is 0.396. The maximum absolute atomic E-state index is 6.68. The first kappa shape index (κ1) is 28.7. The first-order valence-electron chi connectivity index (χ1n) is 18.0. The molecule has 1 heterocycles. The molecule has 3 heteroatoms. The molecule has 0 unspecified atom stereocenters. The first-order valence-corrected chi connectivity index (χ1v) is 18.0. The zero-order valence-corrected chi connectivity index (χ0v) is 27.7. The van der Waals surface area contributed by atoms with Gasteiger partial charge in [0.25, 0.3) is 0 Å². The Morgan fingerprint density at radius 1 is 0.408 bits per heavy atom. The quantitative estimate of drug-likeness (QED) is 0.174. The van der Waals surface area contributed by atoms with Gasteiger partial charge in [-0.05, 0) is 140 Å². The van der Waals surface area contributed by atoms with E-state index in [4.69, 9.17) is 4.42 Å². The smallest absolute Gasteiger partial charge is 0.137 e. The average molecular weight is 637 g/mol. The molecule has 4 bridgehead atoms. The summed E-state index contributed by atoms with van der Waals surface area (Å²) in [4.78, 5) is 4.65.